The van der Waals surface area contributed by atoms with Crippen molar-refractivity contribution in [2.24, 2.45) is 0 Å². The van der Waals surface area contributed by atoms with Crippen LogP contribution < -0.4 is 5.32 Å². The van der Waals surface area contributed by atoms with Crippen LogP contribution in [0.3, 0.4) is 0 Å². The van der Waals surface area contributed by atoms with Crippen LogP contribution in [-0.2, 0) is 11.3 Å². The fourth-order valence-electron chi connectivity index (χ4n) is 1.54. The number of rotatable bonds is 7. The number of aromatic nitrogens is 1. The summed E-state index contributed by atoms with van der Waals surface area (Å²) in [5.41, 5.74) is 0.592. The number of nitrogens with one attached hydrogen (secondary N) is 1. The topological polar surface area (TPSA) is 63.5 Å². The minimum atomic E-state index is -0.187. The first kappa shape index (κ1) is 13.7. The monoisotopic (exact) mass is 240 g/mol. The molecule has 5 nitrogen and oxygen atoms in total. The maximum Gasteiger partial charge on any atom is 0.268 e. The molecule has 1 rings (SSSR count). The van der Waals surface area contributed by atoms with Crippen LogP contribution in [0.5, 0.6) is 0 Å². The molecular weight excluding hydrogens is 220 g/mol. The van der Waals surface area contributed by atoms with Crippen molar-refractivity contribution in [3.05, 3.63) is 24.0 Å². The number of aliphatic hydroxyl groups excluding tert-OH is 1. The van der Waals surface area contributed by atoms with E-state index in [2.05, 4.69) is 5.32 Å². The summed E-state index contributed by atoms with van der Waals surface area (Å²) < 4.78 is 6.82. The van der Waals surface area contributed by atoms with E-state index in [1.165, 1.54) is 0 Å². The van der Waals surface area contributed by atoms with Gasteiger partial charge in [0.25, 0.3) is 5.91 Å². The van der Waals surface area contributed by atoms with Gasteiger partial charge in [-0.15, -0.1) is 0 Å². The third-order valence-electron chi connectivity index (χ3n) is 2.65. The van der Waals surface area contributed by atoms with Crippen molar-refractivity contribution in [1.82, 2.24) is 9.88 Å². The molecule has 0 aliphatic heterocycles. The number of hydrogen-bond acceptors (Lipinski definition) is 3. The zero-order chi connectivity index (χ0) is 12.7. The Balaban J connectivity index is 2.64. The summed E-state index contributed by atoms with van der Waals surface area (Å²) >= 11 is 0. The Bertz CT molecular complexity index is 345. The molecule has 5 heteroatoms. The molecule has 0 saturated heterocycles. The number of nitrogens with zero attached hydrogens (tertiary/aromatic N) is 1. The molecule has 0 unspecified atom stereocenters. The summed E-state index contributed by atoms with van der Waals surface area (Å²) in [6, 6.07) is 3.40. The fraction of sp³-hybridized carbons (Fsp3) is 0.583. The average Bonchev–Trinajstić information content (AvgIpc) is 2.81. The van der Waals surface area contributed by atoms with Crippen molar-refractivity contribution >= 4 is 5.91 Å². The minimum absolute atomic E-state index is 0.0407. The largest absolute Gasteiger partial charge is 0.394 e. The molecule has 0 aliphatic rings. The van der Waals surface area contributed by atoms with Crippen molar-refractivity contribution in [2.75, 3.05) is 20.3 Å². The lowest BCUT2D eigenvalue weighted by atomic mass is 10.2. The van der Waals surface area contributed by atoms with Crippen LogP contribution in [0.15, 0.2) is 18.3 Å². The maximum absolute atomic E-state index is 11.9. The van der Waals surface area contributed by atoms with Gasteiger partial charge in [0, 0.05) is 19.9 Å². The van der Waals surface area contributed by atoms with E-state index in [9.17, 15) is 4.79 Å². The summed E-state index contributed by atoms with van der Waals surface area (Å²) in [4.78, 5) is 11.9. The second-order valence-corrected chi connectivity index (χ2v) is 3.84. The number of ether oxygens (including phenoxy) is 1. The average molecular weight is 240 g/mol. The Morgan fingerprint density at radius 3 is 3.00 bits per heavy atom. The van der Waals surface area contributed by atoms with Crippen molar-refractivity contribution in [3.8, 4) is 0 Å². The summed E-state index contributed by atoms with van der Waals surface area (Å²) in [5.74, 6) is -0.160. The van der Waals surface area contributed by atoms with Crippen molar-refractivity contribution in [1.29, 1.82) is 0 Å². The van der Waals surface area contributed by atoms with Crippen LogP contribution in [0.2, 0.25) is 0 Å². The first-order valence-electron chi connectivity index (χ1n) is 5.78. The van der Waals surface area contributed by atoms with Crippen LogP contribution in [0.1, 0.15) is 23.8 Å². The molecule has 1 aromatic rings. The van der Waals surface area contributed by atoms with E-state index in [4.69, 9.17) is 9.84 Å². The van der Waals surface area contributed by atoms with Gasteiger partial charge in [0.2, 0.25) is 0 Å². The Kier molecular flexibility index (Phi) is 5.72. The van der Waals surface area contributed by atoms with Crippen LogP contribution in [0.4, 0.5) is 0 Å². The number of carbonyl (C=O) groups excluding carboxylic acids is 1. The van der Waals surface area contributed by atoms with E-state index in [0.29, 0.717) is 25.3 Å². The predicted molar refractivity (Wildman–Crippen MR) is 64.9 cm³/mol. The van der Waals surface area contributed by atoms with Crippen LogP contribution in [-0.4, -0.2) is 41.9 Å². The first-order chi connectivity index (χ1) is 8.22. The van der Waals surface area contributed by atoms with E-state index < -0.39 is 0 Å². The number of hydrogen-bond donors (Lipinski definition) is 2. The lowest BCUT2D eigenvalue weighted by Gasteiger charge is -2.15. The van der Waals surface area contributed by atoms with Gasteiger partial charge in [0.1, 0.15) is 5.69 Å². The summed E-state index contributed by atoms with van der Waals surface area (Å²) in [6.45, 7) is 3.08. The third kappa shape index (κ3) is 3.87. The summed E-state index contributed by atoms with van der Waals surface area (Å²) in [6.07, 6.45) is 2.55. The van der Waals surface area contributed by atoms with Gasteiger partial charge in [-0.3, -0.25) is 4.79 Å². The second kappa shape index (κ2) is 7.09. The molecule has 1 amide bonds. The lowest BCUT2D eigenvalue weighted by Crippen LogP contribution is -2.38. The molecule has 0 radical (unpaired) electrons. The SMILES string of the molecule is CC[C@@H](CO)NC(=O)c1cccn1CCOC. The molecule has 2 N–H and O–H groups in total. The van der Waals surface area contributed by atoms with Gasteiger partial charge >= 0.3 is 0 Å². The third-order valence-corrected chi connectivity index (χ3v) is 2.65. The first-order valence-corrected chi connectivity index (χ1v) is 5.78. The predicted octanol–water partition coefficient (Wildman–Crippen LogP) is 0.635. The highest BCUT2D eigenvalue weighted by Gasteiger charge is 2.14. The van der Waals surface area contributed by atoms with Crippen molar-refractivity contribution in [2.45, 2.75) is 25.9 Å². The normalized spacial score (nSPS) is 12.4. The number of methoxy groups -OCH3 is 1. The summed E-state index contributed by atoms with van der Waals surface area (Å²) in [7, 11) is 1.63. The number of carbonyl (C=O) groups is 1. The van der Waals surface area contributed by atoms with E-state index in [1.54, 1.807) is 13.2 Å². The Labute approximate surface area is 101 Å². The Morgan fingerprint density at radius 2 is 2.41 bits per heavy atom. The van der Waals surface area contributed by atoms with Crippen LogP contribution in [0.25, 0.3) is 0 Å². The van der Waals surface area contributed by atoms with Gasteiger partial charge in [-0.05, 0) is 18.6 Å². The quantitative estimate of drug-likeness (QED) is 0.735. The highest BCUT2D eigenvalue weighted by Crippen LogP contribution is 2.03. The van der Waals surface area contributed by atoms with Crippen LogP contribution >= 0.6 is 0 Å². The smallest absolute Gasteiger partial charge is 0.268 e. The van der Waals surface area contributed by atoms with E-state index in [-0.39, 0.29) is 18.6 Å². The molecule has 96 valence electrons. The zero-order valence-electron chi connectivity index (χ0n) is 10.3. The van der Waals surface area contributed by atoms with Gasteiger partial charge in [-0.2, -0.15) is 0 Å². The molecule has 1 heterocycles. The van der Waals surface area contributed by atoms with Crippen LogP contribution in [0, 0.1) is 0 Å². The second-order valence-electron chi connectivity index (χ2n) is 3.84. The van der Waals surface area contributed by atoms with E-state index in [1.807, 2.05) is 23.8 Å². The number of aliphatic hydroxyl groups is 1. The zero-order valence-corrected chi connectivity index (χ0v) is 10.3. The number of amides is 1. The molecular formula is C12H20N2O3. The molecule has 1 atom stereocenters. The molecule has 0 saturated carbocycles. The van der Waals surface area contributed by atoms with Crippen molar-refractivity contribution in [3.63, 3.8) is 0 Å². The van der Waals surface area contributed by atoms with Gasteiger partial charge in [-0.25, -0.2) is 0 Å². The van der Waals surface area contributed by atoms with Gasteiger partial charge < -0.3 is 19.7 Å². The van der Waals surface area contributed by atoms with Gasteiger partial charge in [0.15, 0.2) is 0 Å². The van der Waals surface area contributed by atoms with E-state index in [0.717, 1.165) is 0 Å². The lowest BCUT2D eigenvalue weighted by molar-refractivity contribution is 0.0903. The Morgan fingerprint density at radius 1 is 1.65 bits per heavy atom. The van der Waals surface area contributed by atoms with E-state index >= 15 is 0 Å². The van der Waals surface area contributed by atoms with Gasteiger partial charge in [-0.1, -0.05) is 6.92 Å². The Hall–Kier alpha value is -1.33. The standard InChI is InChI=1S/C12H20N2O3/c1-3-10(9-15)13-12(16)11-5-4-6-14(11)7-8-17-2/h4-6,10,15H,3,7-9H2,1-2H3,(H,13,16)/t10-/m0/s1. The molecule has 17 heavy (non-hydrogen) atoms. The minimum Gasteiger partial charge on any atom is -0.394 e. The molecule has 0 aromatic carbocycles. The molecule has 1 aromatic heterocycles. The molecule has 0 fully saturated rings. The summed E-state index contributed by atoms with van der Waals surface area (Å²) in [5, 5.41) is 11.8. The molecule has 0 aliphatic carbocycles. The maximum atomic E-state index is 11.9. The van der Waals surface area contributed by atoms with Gasteiger partial charge in [0.05, 0.1) is 19.3 Å². The fourth-order valence-corrected chi connectivity index (χ4v) is 1.54. The molecule has 0 bridgehead atoms. The molecule has 0 spiro atoms. The van der Waals surface area contributed by atoms with Crippen molar-refractivity contribution < 1.29 is 14.6 Å². The highest BCUT2D eigenvalue weighted by atomic mass is 16.5. The highest BCUT2D eigenvalue weighted by molar-refractivity contribution is 5.92.